The molecule has 0 saturated carbocycles. The molecule has 5 heteroatoms. The van der Waals surface area contributed by atoms with Gasteiger partial charge in [0.1, 0.15) is 5.75 Å². The van der Waals surface area contributed by atoms with Crippen molar-refractivity contribution in [3.05, 3.63) is 58.6 Å². The van der Waals surface area contributed by atoms with E-state index in [1.54, 1.807) is 7.11 Å². The van der Waals surface area contributed by atoms with Gasteiger partial charge in [0.25, 0.3) is 0 Å². The first-order valence-electron chi connectivity index (χ1n) is 7.55. The fourth-order valence-corrected chi connectivity index (χ4v) is 2.55. The average Bonchev–Trinajstić information content (AvgIpc) is 2.57. The van der Waals surface area contributed by atoms with Crippen LogP contribution < -0.4 is 15.4 Å². The zero-order valence-electron chi connectivity index (χ0n) is 13.3. The Labute approximate surface area is 145 Å². The Hall–Kier alpha value is -1.85. The zero-order valence-corrected chi connectivity index (χ0v) is 14.9. The van der Waals surface area contributed by atoms with Crippen molar-refractivity contribution in [2.24, 2.45) is 0 Å². The monoisotopic (exact) mass is 376 g/mol. The third-order valence-electron chi connectivity index (χ3n) is 3.56. The van der Waals surface area contributed by atoms with Gasteiger partial charge in [-0.15, -0.1) is 0 Å². The molecule has 2 N–H and O–H groups in total. The fourth-order valence-electron chi connectivity index (χ4n) is 2.29. The van der Waals surface area contributed by atoms with Gasteiger partial charge in [0.15, 0.2) is 0 Å². The minimum absolute atomic E-state index is 0.0641. The van der Waals surface area contributed by atoms with Crippen molar-refractivity contribution in [1.82, 2.24) is 5.32 Å². The van der Waals surface area contributed by atoms with Gasteiger partial charge < -0.3 is 15.4 Å². The number of anilines is 1. The average molecular weight is 377 g/mol. The van der Waals surface area contributed by atoms with E-state index in [2.05, 4.69) is 45.6 Å². The summed E-state index contributed by atoms with van der Waals surface area (Å²) >= 11 is 3.43. The SMILES string of the molecule is CC[C@H](NCC(=O)Nc1ccc(OC)cc1)c1ccc(Br)cc1. The number of amides is 1. The maximum absolute atomic E-state index is 12.1. The largest absolute Gasteiger partial charge is 0.497 e. The Morgan fingerprint density at radius 3 is 2.35 bits per heavy atom. The number of rotatable bonds is 7. The van der Waals surface area contributed by atoms with Crippen LogP contribution in [0.4, 0.5) is 5.69 Å². The summed E-state index contributed by atoms with van der Waals surface area (Å²) in [5, 5.41) is 6.16. The molecule has 0 saturated heterocycles. The summed E-state index contributed by atoms with van der Waals surface area (Å²) in [6, 6.07) is 15.6. The third kappa shape index (κ3) is 5.37. The number of benzene rings is 2. The van der Waals surface area contributed by atoms with E-state index in [0.717, 1.165) is 22.3 Å². The quantitative estimate of drug-likeness (QED) is 0.763. The molecular weight excluding hydrogens is 356 g/mol. The molecule has 4 nitrogen and oxygen atoms in total. The van der Waals surface area contributed by atoms with Crippen LogP contribution in [0.2, 0.25) is 0 Å². The normalized spacial score (nSPS) is 11.8. The standard InChI is InChI=1S/C18H21BrN2O2/c1-3-17(13-4-6-14(19)7-5-13)20-12-18(22)21-15-8-10-16(23-2)11-9-15/h4-11,17,20H,3,12H2,1-2H3,(H,21,22)/t17-/m0/s1. The molecule has 0 aliphatic rings. The first-order chi connectivity index (χ1) is 11.1. The molecule has 0 radical (unpaired) electrons. The van der Waals surface area contributed by atoms with Crippen molar-refractivity contribution in [3.63, 3.8) is 0 Å². The predicted octanol–water partition coefficient (Wildman–Crippen LogP) is 4.14. The molecule has 2 aromatic rings. The molecule has 0 unspecified atom stereocenters. The smallest absolute Gasteiger partial charge is 0.238 e. The Bertz CT molecular complexity index is 626. The molecule has 1 amide bonds. The Balaban J connectivity index is 1.87. The summed E-state index contributed by atoms with van der Waals surface area (Å²) in [7, 11) is 1.62. The molecule has 2 rings (SSSR count). The highest BCUT2D eigenvalue weighted by Crippen LogP contribution is 2.19. The molecular formula is C18H21BrN2O2. The van der Waals surface area contributed by atoms with Crippen LogP contribution in [-0.2, 0) is 4.79 Å². The van der Waals surface area contributed by atoms with Crippen LogP contribution in [0.3, 0.4) is 0 Å². The summed E-state index contributed by atoms with van der Waals surface area (Å²) in [6.07, 6.45) is 0.914. The number of carbonyl (C=O) groups excluding carboxylic acids is 1. The van der Waals surface area contributed by atoms with Crippen LogP contribution in [0.5, 0.6) is 5.75 Å². The first kappa shape index (κ1) is 17.5. The molecule has 0 heterocycles. The fraction of sp³-hybridized carbons (Fsp3) is 0.278. The van der Waals surface area contributed by atoms with Gasteiger partial charge in [-0.1, -0.05) is 35.0 Å². The lowest BCUT2D eigenvalue weighted by atomic mass is 10.0. The van der Waals surface area contributed by atoms with Gasteiger partial charge >= 0.3 is 0 Å². The third-order valence-corrected chi connectivity index (χ3v) is 4.09. The minimum Gasteiger partial charge on any atom is -0.497 e. The minimum atomic E-state index is -0.0641. The molecule has 0 aromatic heterocycles. The molecule has 0 bridgehead atoms. The van der Waals surface area contributed by atoms with Crippen LogP contribution in [-0.4, -0.2) is 19.6 Å². The number of ether oxygens (including phenoxy) is 1. The van der Waals surface area contributed by atoms with E-state index in [1.807, 2.05) is 36.4 Å². The van der Waals surface area contributed by atoms with Crippen molar-refractivity contribution in [2.45, 2.75) is 19.4 Å². The number of methoxy groups -OCH3 is 1. The molecule has 0 aliphatic carbocycles. The lowest BCUT2D eigenvalue weighted by Gasteiger charge is -2.17. The highest BCUT2D eigenvalue weighted by molar-refractivity contribution is 9.10. The Morgan fingerprint density at radius 1 is 1.13 bits per heavy atom. The lowest BCUT2D eigenvalue weighted by molar-refractivity contribution is -0.115. The van der Waals surface area contributed by atoms with Gasteiger partial charge in [0.05, 0.1) is 13.7 Å². The maximum Gasteiger partial charge on any atom is 0.238 e. The zero-order chi connectivity index (χ0) is 16.7. The van der Waals surface area contributed by atoms with Crippen molar-refractivity contribution < 1.29 is 9.53 Å². The van der Waals surface area contributed by atoms with Gasteiger partial charge in [-0.25, -0.2) is 0 Å². The van der Waals surface area contributed by atoms with E-state index in [-0.39, 0.29) is 18.5 Å². The molecule has 1 atom stereocenters. The van der Waals surface area contributed by atoms with E-state index in [1.165, 1.54) is 5.56 Å². The van der Waals surface area contributed by atoms with E-state index in [0.29, 0.717) is 0 Å². The second kappa shape index (κ2) is 8.70. The van der Waals surface area contributed by atoms with Crippen LogP contribution >= 0.6 is 15.9 Å². The van der Waals surface area contributed by atoms with Crippen LogP contribution in [0, 0.1) is 0 Å². The highest BCUT2D eigenvalue weighted by Gasteiger charge is 2.11. The van der Waals surface area contributed by atoms with Crippen molar-refractivity contribution in [3.8, 4) is 5.75 Å². The van der Waals surface area contributed by atoms with Crippen molar-refractivity contribution in [2.75, 3.05) is 19.0 Å². The molecule has 0 aliphatic heterocycles. The number of hydrogen-bond donors (Lipinski definition) is 2. The number of nitrogens with one attached hydrogen (secondary N) is 2. The van der Waals surface area contributed by atoms with E-state index < -0.39 is 0 Å². The van der Waals surface area contributed by atoms with Crippen LogP contribution in [0.15, 0.2) is 53.0 Å². The van der Waals surface area contributed by atoms with E-state index >= 15 is 0 Å². The molecule has 23 heavy (non-hydrogen) atoms. The highest BCUT2D eigenvalue weighted by atomic mass is 79.9. The number of halogens is 1. The Morgan fingerprint density at radius 2 is 1.78 bits per heavy atom. The lowest BCUT2D eigenvalue weighted by Crippen LogP contribution is -2.31. The summed E-state index contributed by atoms with van der Waals surface area (Å²) < 4.78 is 6.15. The van der Waals surface area contributed by atoms with E-state index in [4.69, 9.17) is 4.74 Å². The van der Waals surface area contributed by atoms with Gasteiger partial charge in [-0.3, -0.25) is 4.79 Å². The van der Waals surface area contributed by atoms with Crippen LogP contribution in [0.1, 0.15) is 24.9 Å². The maximum atomic E-state index is 12.1. The summed E-state index contributed by atoms with van der Waals surface area (Å²) in [5.74, 6) is 0.702. The van der Waals surface area contributed by atoms with Gasteiger partial charge in [0, 0.05) is 16.2 Å². The molecule has 0 fully saturated rings. The summed E-state index contributed by atoms with van der Waals surface area (Å²) in [4.78, 5) is 12.1. The van der Waals surface area contributed by atoms with E-state index in [9.17, 15) is 4.79 Å². The number of carbonyl (C=O) groups is 1. The summed E-state index contributed by atoms with van der Waals surface area (Å²) in [5.41, 5.74) is 1.93. The molecule has 0 spiro atoms. The van der Waals surface area contributed by atoms with Gasteiger partial charge in [0.2, 0.25) is 5.91 Å². The summed E-state index contributed by atoms with van der Waals surface area (Å²) in [6.45, 7) is 2.36. The Kier molecular flexibility index (Phi) is 6.62. The van der Waals surface area contributed by atoms with Gasteiger partial charge in [-0.05, 0) is 48.4 Å². The number of hydrogen-bond acceptors (Lipinski definition) is 3. The second-order valence-electron chi connectivity index (χ2n) is 5.17. The van der Waals surface area contributed by atoms with Crippen molar-refractivity contribution in [1.29, 1.82) is 0 Å². The topological polar surface area (TPSA) is 50.4 Å². The van der Waals surface area contributed by atoms with Crippen LogP contribution in [0.25, 0.3) is 0 Å². The second-order valence-corrected chi connectivity index (χ2v) is 6.09. The first-order valence-corrected chi connectivity index (χ1v) is 8.34. The molecule has 2 aromatic carbocycles. The predicted molar refractivity (Wildman–Crippen MR) is 96.8 cm³/mol. The van der Waals surface area contributed by atoms with Crippen molar-refractivity contribution >= 4 is 27.5 Å². The van der Waals surface area contributed by atoms with Gasteiger partial charge in [-0.2, -0.15) is 0 Å². The molecule has 122 valence electrons.